The van der Waals surface area contributed by atoms with E-state index in [4.69, 9.17) is 24.2 Å². The van der Waals surface area contributed by atoms with Gasteiger partial charge in [0, 0.05) is 71.8 Å². The van der Waals surface area contributed by atoms with Gasteiger partial charge in [-0.2, -0.15) is 4.98 Å². The topological polar surface area (TPSA) is 113 Å². The van der Waals surface area contributed by atoms with Gasteiger partial charge in [0.15, 0.2) is 5.82 Å². The Bertz CT molecular complexity index is 1260. The van der Waals surface area contributed by atoms with Crippen LogP contribution in [0.5, 0.6) is 0 Å². The highest BCUT2D eigenvalue weighted by Crippen LogP contribution is 2.27. The molecule has 1 aromatic heterocycles. The van der Waals surface area contributed by atoms with E-state index in [1.54, 1.807) is 17.9 Å². The fraction of sp³-hybridized carbons (Fsp3) is 0.548. The fourth-order valence-electron chi connectivity index (χ4n) is 4.71. The lowest BCUT2D eigenvalue weighted by Gasteiger charge is -2.35. The number of benzene rings is 1. The summed E-state index contributed by atoms with van der Waals surface area (Å²) in [5, 5.41) is 3.36. The molecule has 2 aliphatic heterocycles. The number of piperazine rings is 1. The summed E-state index contributed by atoms with van der Waals surface area (Å²) in [6.45, 7) is 13.7. The molecule has 1 N–H and O–H groups in total. The highest BCUT2D eigenvalue weighted by Gasteiger charge is 2.27. The average molecular weight is 596 g/mol. The minimum Gasteiger partial charge on any atom is -0.462 e. The van der Waals surface area contributed by atoms with Crippen LogP contribution in [0.1, 0.15) is 49.3 Å². The molecule has 234 valence electrons. The summed E-state index contributed by atoms with van der Waals surface area (Å²) in [4.78, 5) is 43.1. The van der Waals surface area contributed by atoms with Crippen molar-refractivity contribution in [3.63, 3.8) is 0 Å². The number of hydrogen-bond donors (Lipinski definition) is 1. The quantitative estimate of drug-likeness (QED) is 0.427. The Morgan fingerprint density at radius 3 is 2.30 bits per heavy atom. The highest BCUT2D eigenvalue weighted by atomic mass is 16.6. The smallest absolute Gasteiger partial charge is 0.410 e. The van der Waals surface area contributed by atoms with Crippen LogP contribution in [-0.2, 0) is 20.8 Å². The number of esters is 1. The highest BCUT2D eigenvalue weighted by molar-refractivity contribution is 5.99. The van der Waals surface area contributed by atoms with Crippen LogP contribution in [0.3, 0.4) is 0 Å². The van der Waals surface area contributed by atoms with Crippen molar-refractivity contribution in [3.8, 4) is 0 Å². The lowest BCUT2D eigenvalue weighted by Crippen LogP contribution is -2.49. The third kappa shape index (κ3) is 9.29. The van der Waals surface area contributed by atoms with Gasteiger partial charge in [-0.3, -0.25) is 4.90 Å². The molecule has 4 rings (SSSR count). The van der Waals surface area contributed by atoms with Crippen LogP contribution >= 0.6 is 0 Å². The fourth-order valence-corrected chi connectivity index (χ4v) is 4.71. The van der Waals surface area contributed by atoms with Gasteiger partial charge in [0.2, 0.25) is 5.95 Å². The second kappa shape index (κ2) is 14.5. The zero-order chi connectivity index (χ0) is 31.0. The molecule has 2 aliphatic rings. The van der Waals surface area contributed by atoms with E-state index in [9.17, 15) is 9.59 Å². The Labute approximate surface area is 254 Å². The first-order valence-corrected chi connectivity index (χ1v) is 14.8. The number of carbonyl (C=O) groups is 2. The second-order valence-corrected chi connectivity index (χ2v) is 11.8. The molecule has 1 amide bonds. The molecular weight excluding hydrogens is 550 g/mol. The van der Waals surface area contributed by atoms with E-state index in [0.717, 1.165) is 30.9 Å². The van der Waals surface area contributed by atoms with E-state index >= 15 is 0 Å². The number of nitrogens with one attached hydrogen (secondary N) is 1. The Hall–Kier alpha value is -3.90. The van der Waals surface area contributed by atoms with Crippen molar-refractivity contribution < 1.29 is 23.8 Å². The first kappa shape index (κ1) is 32.0. The van der Waals surface area contributed by atoms with Gasteiger partial charge in [0.25, 0.3) is 0 Å². The molecule has 0 radical (unpaired) electrons. The van der Waals surface area contributed by atoms with Gasteiger partial charge in [-0.05, 0) is 51.5 Å². The van der Waals surface area contributed by atoms with E-state index < -0.39 is 11.6 Å². The number of rotatable bonds is 9. The van der Waals surface area contributed by atoms with Gasteiger partial charge < -0.3 is 34.2 Å². The number of nitrogens with zero attached hydrogens (tertiary/aromatic N) is 6. The van der Waals surface area contributed by atoms with Gasteiger partial charge in [0.05, 0.1) is 25.5 Å². The molecule has 3 heterocycles. The van der Waals surface area contributed by atoms with Crippen LogP contribution in [0.2, 0.25) is 0 Å². The maximum atomic E-state index is 13.2. The zero-order valence-electron chi connectivity index (χ0n) is 26.3. The Morgan fingerprint density at radius 1 is 1.02 bits per heavy atom. The first-order valence-electron chi connectivity index (χ1n) is 14.8. The monoisotopic (exact) mass is 595 g/mol. The van der Waals surface area contributed by atoms with Crippen LogP contribution < -0.4 is 10.2 Å². The number of morpholine rings is 1. The van der Waals surface area contributed by atoms with E-state index in [2.05, 4.69) is 27.2 Å². The number of aromatic nitrogens is 2. The summed E-state index contributed by atoms with van der Waals surface area (Å²) >= 11 is 0. The van der Waals surface area contributed by atoms with Crippen molar-refractivity contribution >= 4 is 35.6 Å². The molecule has 0 aliphatic carbocycles. The average Bonchev–Trinajstić information content (AvgIpc) is 2.97. The van der Waals surface area contributed by atoms with Gasteiger partial charge in [-0.1, -0.05) is 12.1 Å². The Balaban J connectivity index is 1.50. The van der Waals surface area contributed by atoms with Crippen molar-refractivity contribution in [2.24, 2.45) is 0 Å². The summed E-state index contributed by atoms with van der Waals surface area (Å²) in [5.41, 5.74) is 2.20. The SMILES string of the molecule is CCOC(=O)c1c(C=CN(C)C)nc(N2CCOCC2)nc1Nc1ccc(CN2CCN(C(=O)OC(C)(C)C)CC2)cc1. The minimum atomic E-state index is -0.499. The third-order valence-corrected chi connectivity index (χ3v) is 6.88. The van der Waals surface area contributed by atoms with E-state index in [1.165, 1.54) is 0 Å². The predicted molar refractivity (Wildman–Crippen MR) is 167 cm³/mol. The molecule has 2 saturated heterocycles. The molecule has 0 saturated carbocycles. The lowest BCUT2D eigenvalue weighted by atomic mass is 10.1. The molecule has 0 spiro atoms. The van der Waals surface area contributed by atoms with E-state index in [0.29, 0.717) is 56.9 Å². The van der Waals surface area contributed by atoms with Crippen LogP contribution in [0, 0.1) is 0 Å². The normalized spacial score (nSPS) is 16.3. The maximum Gasteiger partial charge on any atom is 0.410 e. The molecule has 43 heavy (non-hydrogen) atoms. The molecule has 0 unspecified atom stereocenters. The molecule has 2 aromatic rings. The summed E-state index contributed by atoms with van der Waals surface area (Å²) in [5.74, 6) is 0.429. The third-order valence-electron chi connectivity index (χ3n) is 6.88. The summed E-state index contributed by atoms with van der Waals surface area (Å²) < 4.78 is 16.4. The first-order chi connectivity index (χ1) is 20.5. The molecular formula is C31H45N7O5. The number of amides is 1. The Kier molecular flexibility index (Phi) is 10.8. The van der Waals surface area contributed by atoms with Gasteiger partial charge in [-0.25, -0.2) is 14.6 Å². The zero-order valence-corrected chi connectivity index (χ0v) is 26.3. The lowest BCUT2D eigenvalue weighted by molar-refractivity contribution is 0.0139. The van der Waals surface area contributed by atoms with E-state index in [-0.39, 0.29) is 18.3 Å². The second-order valence-electron chi connectivity index (χ2n) is 11.8. The standard InChI is InChI=1S/C31H45N7O5/c1-7-42-28(39)26-25(12-13-35(5)6)33-29(37-18-20-41-21-19-37)34-27(26)32-24-10-8-23(9-11-24)22-36-14-16-38(17-15-36)30(40)43-31(2,3)4/h8-13H,7,14-22H2,1-6H3,(H,32,33,34). The largest absolute Gasteiger partial charge is 0.462 e. The molecule has 1 aromatic carbocycles. The predicted octanol–water partition coefficient (Wildman–Crippen LogP) is 3.82. The van der Waals surface area contributed by atoms with Crippen molar-refractivity contribution in [2.45, 2.75) is 39.8 Å². The molecule has 0 atom stereocenters. The molecule has 2 fully saturated rings. The summed E-state index contributed by atoms with van der Waals surface area (Å²) in [7, 11) is 3.82. The van der Waals surface area contributed by atoms with Crippen molar-refractivity contribution in [1.82, 2.24) is 24.7 Å². The van der Waals surface area contributed by atoms with Gasteiger partial charge in [0.1, 0.15) is 11.2 Å². The number of hydrogen-bond acceptors (Lipinski definition) is 11. The Morgan fingerprint density at radius 2 is 1.70 bits per heavy atom. The minimum absolute atomic E-state index is 0.237. The number of ether oxygens (including phenoxy) is 3. The number of anilines is 3. The van der Waals surface area contributed by atoms with Crippen molar-refractivity contribution in [1.29, 1.82) is 0 Å². The summed E-state index contributed by atoms with van der Waals surface area (Å²) in [6, 6.07) is 8.08. The molecule has 0 bridgehead atoms. The van der Waals surface area contributed by atoms with Crippen LogP contribution in [-0.4, -0.2) is 116 Å². The molecule has 12 nitrogen and oxygen atoms in total. The van der Waals surface area contributed by atoms with Crippen molar-refractivity contribution in [3.05, 3.63) is 47.3 Å². The van der Waals surface area contributed by atoms with Crippen molar-refractivity contribution in [2.75, 3.05) is 83.4 Å². The van der Waals surface area contributed by atoms with Crippen LogP contribution in [0.25, 0.3) is 6.08 Å². The van der Waals surface area contributed by atoms with Gasteiger partial charge in [-0.15, -0.1) is 0 Å². The molecule has 12 heteroatoms. The maximum absolute atomic E-state index is 13.2. The number of carbonyl (C=O) groups excluding carboxylic acids is 2. The van der Waals surface area contributed by atoms with Crippen LogP contribution in [0.4, 0.5) is 22.2 Å². The van der Waals surface area contributed by atoms with E-state index in [1.807, 2.05) is 58.1 Å². The van der Waals surface area contributed by atoms with Crippen LogP contribution in [0.15, 0.2) is 30.5 Å². The summed E-state index contributed by atoms with van der Waals surface area (Å²) in [6.07, 6.45) is 3.39. The van der Waals surface area contributed by atoms with Gasteiger partial charge >= 0.3 is 12.1 Å².